The third-order valence-electron chi connectivity index (χ3n) is 5.71. The number of likely N-dealkylation sites (tertiary alicyclic amines) is 1. The summed E-state index contributed by atoms with van der Waals surface area (Å²) in [6.07, 6.45) is 6.09. The molecule has 162 valence electrons. The zero-order chi connectivity index (χ0) is 22.7. The largest absolute Gasteiger partial charge is 0.494 e. The molecule has 2 aromatic heterocycles. The number of hydrogen-bond donors (Lipinski definition) is 1. The van der Waals surface area contributed by atoms with E-state index in [4.69, 9.17) is 4.74 Å². The van der Waals surface area contributed by atoms with Crippen molar-refractivity contribution in [2.75, 3.05) is 20.2 Å². The van der Waals surface area contributed by atoms with Crippen molar-refractivity contribution in [2.45, 2.75) is 18.9 Å². The second-order valence-corrected chi connectivity index (χ2v) is 7.61. The Bertz CT molecular complexity index is 1210. The van der Waals surface area contributed by atoms with Crippen LogP contribution in [0.25, 0.3) is 16.6 Å². The third-order valence-corrected chi connectivity index (χ3v) is 5.71. The molecule has 3 aromatic rings. The van der Waals surface area contributed by atoms with Gasteiger partial charge >= 0.3 is 0 Å². The van der Waals surface area contributed by atoms with Gasteiger partial charge in [0.1, 0.15) is 22.9 Å². The van der Waals surface area contributed by atoms with Crippen molar-refractivity contribution >= 4 is 17.3 Å². The maximum Gasteiger partial charge on any atom is 0.251 e. The van der Waals surface area contributed by atoms with Gasteiger partial charge in [0, 0.05) is 36.5 Å². The van der Waals surface area contributed by atoms with E-state index in [-0.39, 0.29) is 17.9 Å². The molecule has 0 spiro atoms. The fourth-order valence-corrected chi connectivity index (χ4v) is 3.94. The van der Waals surface area contributed by atoms with Crippen LogP contribution in [0.3, 0.4) is 0 Å². The van der Waals surface area contributed by atoms with Crippen molar-refractivity contribution in [1.82, 2.24) is 19.8 Å². The first-order chi connectivity index (χ1) is 15.5. The highest BCUT2D eigenvalue weighted by Crippen LogP contribution is 2.29. The first kappa shape index (κ1) is 21.1. The molecule has 0 radical (unpaired) electrons. The van der Waals surface area contributed by atoms with Crippen molar-refractivity contribution in [3.05, 3.63) is 66.5 Å². The molecule has 1 aliphatic rings. The Hall–Kier alpha value is -4.12. The average molecular weight is 429 g/mol. The molecule has 1 saturated heterocycles. The summed E-state index contributed by atoms with van der Waals surface area (Å²) in [5.41, 5.74) is 3.38. The summed E-state index contributed by atoms with van der Waals surface area (Å²) in [7, 11) is 1.55. The Morgan fingerprint density at radius 3 is 2.59 bits per heavy atom. The molecule has 1 aliphatic heterocycles. The number of amides is 2. The van der Waals surface area contributed by atoms with Crippen LogP contribution in [0.1, 0.15) is 28.8 Å². The Morgan fingerprint density at radius 1 is 1.25 bits per heavy atom. The van der Waals surface area contributed by atoms with E-state index in [1.807, 2.05) is 24.4 Å². The lowest BCUT2D eigenvalue weighted by Gasteiger charge is -2.31. The lowest BCUT2D eigenvalue weighted by molar-refractivity contribution is -0.127. The number of ether oxygens (including phenoxy) is 1. The average Bonchev–Trinajstić information content (AvgIpc) is 3.26. The first-order valence-electron chi connectivity index (χ1n) is 10.3. The molecular weight excluding hydrogens is 406 g/mol. The summed E-state index contributed by atoms with van der Waals surface area (Å²) in [5.74, 6) is 0.350. The molecule has 0 atom stereocenters. The molecule has 1 N–H and O–H groups in total. The molecule has 2 amide bonds. The number of carbonyl (C=O) groups excluding carboxylic acids is 2. The fourth-order valence-electron chi connectivity index (χ4n) is 3.94. The maximum atomic E-state index is 12.7. The van der Waals surface area contributed by atoms with Crippen LogP contribution in [0.4, 0.5) is 0 Å². The van der Waals surface area contributed by atoms with Crippen molar-refractivity contribution in [2.24, 2.45) is 0 Å². The minimum absolute atomic E-state index is 0.0388. The summed E-state index contributed by atoms with van der Waals surface area (Å²) in [6, 6.07) is 11.3. The van der Waals surface area contributed by atoms with Crippen LogP contribution in [-0.4, -0.2) is 52.6 Å². The van der Waals surface area contributed by atoms with Crippen LogP contribution in [0, 0.1) is 11.3 Å². The van der Waals surface area contributed by atoms with Gasteiger partial charge < -0.3 is 15.0 Å². The number of piperidine rings is 1. The number of pyridine rings is 1. The quantitative estimate of drug-likeness (QED) is 0.629. The summed E-state index contributed by atoms with van der Waals surface area (Å²) in [5, 5.41) is 16.6. The van der Waals surface area contributed by atoms with Crippen LogP contribution in [0.2, 0.25) is 0 Å². The highest BCUT2D eigenvalue weighted by molar-refractivity contribution is 5.95. The number of aromatic nitrogens is 2. The fraction of sp³-hybridized carbons (Fsp3) is 0.250. The van der Waals surface area contributed by atoms with Gasteiger partial charge in [-0.25, -0.2) is 4.52 Å². The van der Waals surface area contributed by atoms with Crippen LogP contribution < -0.4 is 10.1 Å². The summed E-state index contributed by atoms with van der Waals surface area (Å²) in [6.45, 7) is 4.74. The van der Waals surface area contributed by atoms with E-state index >= 15 is 0 Å². The normalized spacial score (nSPS) is 14.1. The molecule has 0 aliphatic carbocycles. The molecule has 1 fully saturated rings. The van der Waals surface area contributed by atoms with E-state index in [1.54, 1.807) is 28.7 Å². The van der Waals surface area contributed by atoms with Gasteiger partial charge in [-0.05, 0) is 42.7 Å². The van der Waals surface area contributed by atoms with E-state index in [1.165, 1.54) is 12.3 Å². The second-order valence-electron chi connectivity index (χ2n) is 7.61. The van der Waals surface area contributed by atoms with E-state index in [2.05, 4.69) is 23.1 Å². The van der Waals surface area contributed by atoms with Crippen molar-refractivity contribution < 1.29 is 14.3 Å². The molecule has 32 heavy (non-hydrogen) atoms. The number of carbonyl (C=O) groups is 2. The topological polar surface area (TPSA) is 99.7 Å². The Morgan fingerprint density at radius 2 is 1.97 bits per heavy atom. The van der Waals surface area contributed by atoms with E-state index in [9.17, 15) is 14.9 Å². The number of nitrogens with one attached hydrogen (secondary N) is 1. The number of hydrogen-bond acceptors (Lipinski definition) is 5. The van der Waals surface area contributed by atoms with Gasteiger partial charge in [0.05, 0.1) is 13.3 Å². The van der Waals surface area contributed by atoms with Gasteiger partial charge in [0.2, 0.25) is 5.91 Å². The molecule has 8 nitrogen and oxygen atoms in total. The SMILES string of the molecule is C=CC(=O)N1CCC(NC(=O)c2ccc(-c3cc(OC)c4c(C#N)cnn4c3)cc2)CC1. The van der Waals surface area contributed by atoms with E-state index < -0.39 is 0 Å². The van der Waals surface area contributed by atoms with Gasteiger partial charge in [-0.15, -0.1) is 0 Å². The molecule has 4 rings (SSSR count). The summed E-state index contributed by atoms with van der Waals surface area (Å²) >= 11 is 0. The first-order valence-corrected chi connectivity index (χ1v) is 10.3. The number of nitriles is 1. The highest BCUT2D eigenvalue weighted by atomic mass is 16.5. The number of nitrogens with zero attached hydrogens (tertiary/aromatic N) is 4. The molecule has 8 heteroatoms. The zero-order valence-corrected chi connectivity index (χ0v) is 17.7. The predicted molar refractivity (Wildman–Crippen MR) is 119 cm³/mol. The van der Waals surface area contributed by atoms with E-state index in [0.29, 0.717) is 35.5 Å². The molecule has 0 unspecified atom stereocenters. The minimum atomic E-state index is -0.135. The smallest absolute Gasteiger partial charge is 0.251 e. The summed E-state index contributed by atoms with van der Waals surface area (Å²) in [4.78, 5) is 26.1. The standard InChI is InChI=1S/C24H23N5O3/c1-3-22(30)28-10-8-20(9-11-28)27-24(31)17-6-4-16(5-7-17)18-12-21(32-2)23-19(13-25)14-26-29(23)15-18/h3-7,12,14-15,20H,1,8-11H2,2H3,(H,27,31). The lowest BCUT2D eigenvalue weighted by atomic mass is 10.0. The van der Waals surface area contributed by atoms with Crippen molar-refractivity contribution in [1.29, 1.82) is 5.26 Å². The molecule has 3 heterocycles. The molecule has 1 aromatic carbocycles. The van der Waals surface area contributed by atoms with Crippen molar-refractivity contribution in [3.63, 3.8) is 0 Å². The van der Waals surface area contributed by atoms with Crippen LogP contribution in [0.5, 0.6) is 5.75 Å². The van der Waals surface area contributed by atoms with Gasteiger partial charge in [-0.1, -0.05) is 18.7 Å². The number of rotatable bonds is 5. The van der Waals surface area contributed by atoms with Gasteiger partial charge in [0.15, 0.2) is 0 Å². The monoisotopic (exact) mass is 429 g/mol. The van der Waals surface area contributed by atoms with Crippen LogP contribution in [-0.2, 0) is 4.79 Å². The second kappa shape index (κ2) is 8.94. The van der Waals surface area contributed by atoms with Gasteiger partial charge in [-0.2, -0.15) is 10.4 Å². The zero-order valence-electron chi connectivity index (χ0n) is 17.7. The summed E-state index contributed by atoms with van der Waals surface area (Å²) < 4.78 is 7.08. The molecular formula is C24H23N5O3. The Balaban J connectivity index is 1.47. The number of fused-ring (bicyclic) bond motifs is 1. The van der Waals surface area contributed by atoms with Crippen LogP contribution in [0.15, 0.2) is 55.4 Å². The van der Waals surface area contributed by atoms with Crippen LogP contribution >= 0.6 is 0 Å². The Labute approximate surface area is 185 Å². The third kappa shape index (κ3) is 4.05. The highest BCUT2D eigenvalue weighted by Gasteiger charge is 2.23. The number of benzene rings is 1. The Kier molecular flexibility index (Phi) is 5.90. The minimum Gasteiger partial charge on any atom is -0.494 e. The molecule has 0 saturated carbocycles. The number of methoxy groups -OCH3 is 1. The maximum absolute atomic E-state index is 12.7. The van der Waals surface area contributed by atoms with Gasteiger partial charge in [0.25, 0.3) is 5.91 Å². The molecule has 0 bridgehead atoms. The lowest BCUT2D eigenvalue weighted by Crippen LogP contribution is -2.46. The van der Waals surface area contributed by atoms with E-state index in [0.717, 1.165) is 24.0 Å². The van der Waals surface area contributed by atoms with Crippen molar-refractivity contribution in [3.8, 4) is 22.9 Å². The predicted octanol–water partition coefficient (Wildman–Crippen LogP) is 2.79. The van der Waals surface area contributed by atoms with Gasteiger partial charge in [-0.3, -0.25) is 9.59 Å².